The molecule has 1 saturated heterocycles. The van der Waals surface area contributed by atoms with Crippen LogP contribution in [0, 0.1) is 13.8 Å². The second kappa shape index (κ2) is 11.0. The first-order valence-electron chi connectivity index (χ1n) is 9.50. The zero-order valence-corrected chi connectivity index (χ0v) is 16.8. The van der Waals surface area contributed by atoms with E-state index in [2.05, 4.69) is 52.2 Å². The van der Waals surface area contributed by atoms with E-state index >= 15 is 0 Å². The molecular formula is C20H34N4O2. The van der Waals surface area contributed by atoms with Crippen LogP contribution in [0.25, 0.3) is 0 Å². The number of nitrogens with zero attached hydrogens (tertiary/aromatic N) is 3. The summed E-state index contributed by atoms with van der Waals surface area (Å²) in [5.41, 5.74) is 4.10. The van der Waals surface area contributed by atoms with E-state index in [4.69, 9.17) is 9.47 Å². The molecule has 0 atom stereocenters. The van der Waals surface area contributed by atoms with Crippen LogP contribution in [0.4, 0.5) is 5.69 Å². The minimum atomic E-state index is 0.653. The highest BCUT2D eigenvalue weighted by molar-refractivity contribution is 5.80. The Morgan fingerprint density at radius 2 is 1.88 bits per heavy atom. The van der Waals surface area contributed by atoms with Crippen molar-refractivity contribution in [3.05, 3.63) is 29.3 Å². The van der Waals surface area contributed by atoms with Gasteiger partial charge in [0.1, 0.15) is 0 Å². The summed E-state index contributed by atoms with van der Waals surface area (Å²) in [5, 5.41) is 3.45. The first kappa shape index (κ1) is 20.5. The number of aryl methyl sites for hydroxylation is 1. The maximum atomic E-state index is 5.49. The van der Waals surface area contributed by atoms with Crippen LogP contribution in [0.15, 0.2) is 23.2 Å². The van der Waals surface area contributed by atoms with Crippen molar-refractivity contribution in [3.63, 3.8) is 0 Å². The van der Waals surface area contributed by atoms with Gasteiger partial charge in [-0.25, -0.2) is 0 Å². The molecular weight excluding hydrogens is 328 g/mol. The lowest BCUT2D eigenvalue weighted by Gasteiger charge is -2.38. The van der Waals surface area contributed by atoms with Gasteiger partial charge in [-0.2, -0.15) is 0 Å². The summed E-state index contributed by atoms with van der Waals surface area (Å²) >= 11 is 0. The van der Waals surface area contributed by atoms with Gasteiger partial charge in [0.15, 0.2) is 5.96 Å². The Balaban J connectivity index is 1.74. The van der Waals surface area contributed by atoms with E-state index in [-0.39, 0.29) is 0 Å². The van der Waals surface area contributed by atoms with E-state index < -0.39 is 0 Å². The van der Waals surface area contributed by atoms with Crippen molar-refractivity contribution in [3.8, 4) is 0 Å². The van der Waals surface area contributed by atoms with Crippen LogP contribution in [0.1, 0.15) is 17.5 Å². The lowest BCUT2D eigenvalue weighted by atomic mass is 10.1. The van der Waals surface area contributed by atoms with Gasteiger partial charge in [0.05, 0.1) is 13.2 Å². The number of guanidine groups is 1. The van der Waals surface area contributed by atoms with Crippen LogP contribution in [-0.2, 0) is 9.47 Å². The minimum Gasteiger partial charge on any atom is -0.382 e. The lowest BCUT2D eigenvalue weighted by molar-refractivity contribution is 0.0698. The van der Waals surface area contributed by atoms with E-state index in [9.17, 15) is 0 Å². The Labute approximate surface area is 158 Å². The highest BCUT2D eigenvalue weighted by atomic mass is 16.5. The highest BCUT2D eigenvalue weighted by Gasteiger charge is 2.20. The van der Waals surface area contributed by atoms with Gasteiger partial charge in [0.2, 0.25) is 0 Å². The summed E-state index contributed by atoms with van der Waals surface area (Å²) in [6, 6.07) is 6.56. The molecule has 2 rings (SSSR count). The number of anilines is 1. The fourth-order valence-corrected chi connectivity index (χ4v) is 3.19. The number of methoxy groups -OCH3 is 1. The quantitative estimate of drug-likeness (QED) is 0.436. The second-order valence-corrected chi connectivity index (χ2v) is 6.63. The number of hydrogen-bond acceptors (Lipinski definition) is 4. The topological polar surface area (TPSA) is 49.3 Å². The van der Waals surface area contributed by atoms with Crippen LogP contribution in [0.3, 0.4) is 0 Å². The summed E-state index contributed by atoms with van der Waals surface area (Å²) in [6.07, 6.45) is 0.963. The predicted molar refractivity (Wildman–Crippen MR) is 108 cm³/mol. The molecule has 1 aliphatic rings. The van der Waals surface area contributed by atoms with E-state index in [0.717, 1.165) is 51.7 Å². The fourth-order valence-electron chi connectivity index (χ4n) is 3.19. The molecule has 1 aliphatic heterocycles. The van der Waals surface area contributed by atoms with Gasteiger partial charge in [0.25, 0.3) is 0 Å². The normalized spacial score (nSPS) is 15.5. The van der Waals surface area contributed by atoms with Gasteiger partial charge in [-0.1, -0.05) is 12.1 Å². The average molecular weight is 363 g/mol. The van der Waals surface area contributed by atoms with Crippen LogP contribution in [0.2, 0.25) is 0 Å². The van der Waals surface area contributed by atoms with Crippen molar-refractivity contribution in [2.45, 2.75) is 20.3 Å². The molecule has 1 aromatic rings. The van der Waals surface area contributed by atoms with Crippen molar-refractivity contribution in [2.75, 3.05) is 71.6 Å². The second-order valence-electron chi connectivity index (χ2n) is 6.63. The molecule has 1 fully saturated rings. The molecule has 6 nitrogen and oxygen atoms in total. The Kier molecular flexibility index (Phi) is 8.71. The lowest BCUT2D eigenvalue weighted by Crippen LogP contribution is -2.52. The first-order valence-corrected chi connectivity index (χ1v) is 9.50. The van der Waals surface area contributed by atoms with Crippen molar-refractivity contribution in [1.82, 2.24) is 10.2 Å². The Bertz CT molecular complexity index is 569. The summed E-state index contributed by atoms with van der Waals surface area (Å²) in [4.78, 5) is 9.26. The van der Waals surface area contributed by atoms with Crippen molar-refractivity contribution < 1.29 is 9.47 Å². The molecule has 6 heteroatoms. The van der Waals surface area contributed by atoms with E-state index in [0.29, 0.717) is 13.2 Å². The Morgan fingerprint density at radius 3 is 2.58 bits per heavy atom. The van der Waals surface area contributed by atoms with Gasteiger partial charge in [-0.05, 0) is 37.5 Å². The van der Waals surface area contributed by atoms with Crippen LogP contribution in [-0.4, -0.2) is 77.6 Å². The standard InChI is InChI=1S/C20H34N4O2/c1-17-7-5-8-19(18(17)2)23-10-12-24(13-11-23)20(21-3)22-9-6-14-26-16-15-25-4/h5,7-8H,6,9-16H2,1-4H3,(H,21,22). The highest BCUT2D eigenvalue weighted by Crippen LogP contribution is 2.23. The van der Waals surface area contributed by atoms with Crippen LogP contribution < -0.4 is 10.2 Å². The largest absolute Gasteiger partial charge is 0.382 e. The molecule has 0 unspecified atom stereocenters. The fraction of sp³-hybridized carbons (Fsp3) is 0.650. The summed E-state index contributed by atoms with van der Waals surface area (Å²) in [6.45, 7) is 11.3. The molecule has 0 radical (unpaired) electrons. The van der Waals surface area contributed by atoms with Gasteiger partial charge >= 0.3 is 0 Å². The Morgan fingerprint density at radius 1 is 1.12 bits per heavy atom. The first-order chi connectivity index (χ1) is 12.7. The zero-order chi connectivity index (χ0) is 18.8. The number of ether oxygens (including phenoxy) is 2. The van der Waals surface area contributed by atoms with Gasteiger partial charge in [-0.15, -0.1) is 0 Å². The number of nitrogens with one attached hydrogen (secondary N) is 1. The third kappa shape index (κ3) is 5.88. The smallest absolute Gasteiger partial charge is 0.193 e. The van der Waals surface area contributed by atoms with Gasteiger partial charge in [-0.3, -0.25) is 4.99 Å². The van der Waals surface area contributed by atoms with Crippen molar-refractivity contribution in [1.29, 1.82) is 0 Å². The number of benzene rings is 1. The van der Waals surface area contributed by atoms with Gasteiger partial charge < -0.3 is 24.6 Å². The molecule has 146 valence electrons. The third-order valence-electron chi connectivity index (χ3n) is 4.89. The molecule has 0 amide bonds. The average Bonchev–Trinajstić information content (AvgIpc) is 2.67. The predicted octanol–water partition coefficient (Wildman–Crippen LogP) is 2.05. The molecule has 26 heavy (non-hydrogen) atoms. The maximum Gasteiger partial charge on any atom is 0.193 e. The van der Waals surface area contributed by atoms with Crippen molar-refractivity contribution >= 4 is 11.6 Å². The van der Waals surface area contributed by atoms with E-state index in [1.165, 1.54) is 16.8 Å². The number of piperazine rings is 1. The molecule has 0 spiro atoms. The molecule has 0 aromatic heterocycles. The van der Waals surface area contributed by atoms with Crippen LogP contribution >= 0.6 is 0 Å². The SMILES string of the molecule is CN=C(NCCCOCCOC)N1CCN(c2cccc(C)c2C)CC1. The number of rotatable bonds is 8. The monoisotopic (exact) mass is 362 g/mol. The Hall–Kier alpha value is -1.79. The molecule has 0 aliphatic carbocycles. The summed E-state index contributed by atoms with van der Waals surface area (Å²) < 4.78 is 10.5. The zero-order valence-electron chi connectivity index (χ0n) is 16.8. The number of aliphatic imine (C=N–C) groups is 1. The number of hydrogen-bond donors (Lipinski definition) is 1. The molecule has 1 heterocycles. The minimum absolute atomic E-state index is 0.653. The third-order valence-corrected chi connectivity index (χ3v) is 4.89. The summed E-state index contributed by atoms with van der Waals surface area (Å²) in [7, 11) is 3.55. The summed E-state index contributed by atoms with van der Waals surface area (Å²) in [5.74, 6) is 0.988. The van der Waals surface area contributed by atoms with Crippen LogP contribution in [0.5, 0.6) is 0 Å². The molecule has 1 N–H and O–H groups in total. The molecule has 0 bridgehead atoms. The molecule has 1 aromatic carbocycles. The van der Waals surface area contributed by atoms with E-state index in [1.807, 2.05) is 7.05 Å². The molecule has 0 saturated carbocycles. The van der Waals surface area contributed by atoms with Crippen molar-refractivity contribution in [2.24, 2.45) is 4.99 Å². The van der Waals surface area contributed by atoms with Gasteiger partial charge in [0, 0.05) is 59.2 Å². The maximum absolute atomic E-state index is 5.49. The van der Waals surface area contributed by atoms with E-state index in [1.54, 1.807) is 7.11 Å².